The maximum absolute atomic E-state index is 5.82. The molecule has 0 radical (unpaired) electrons. The fraction of sp³-hybridized carbons (Fsp3) is 0.500. The van der Waals surface area contributed by atoms with Gasteiger partial charge in [-0.25, -0.2) is 4.98 Å². The average molecular weight is 255 g/mol. The molecule has 2 heterocycles. The first kappa shape index (κ1) is 12.1. The molecule has 17 heavy (non-hydrogen) atoms. The highest BCUT2D eigenvalue weighted by Gasteiger charge is 2.08. The van der Waals surface area contributed by atoms with Gasteiger partial charge in [0.05, 0.1) is 6.33 Å². The van der Waals surface area contributed by atoms with E-state index < -0.39 is 0 Å². The van der Waals surface area contributed by atoms with Gasteiger partial charge in [-0.05, 0) is 25.2 Å². The standard InChI is InChI=1S/C10H15ClN6/c1-3-17(2)5-4-12-8-7-9(14-6-13-7)16-10(11)15-8/h6H,3-5H2,1-2H3,(H2,12,13,14,15,16). The number of nitrogens with zero attached hydrogens (tertiary/aromatic N) is 4. The van der Waals surface area contributed by atoms with Gasteiger partial charge in [0.15, 0.2) is 11.5 Å². The molecule has 0 fully saturated rings. The Morgan fingerprint density at radius 2 is 2.29 bits per heavy atom. The molecular weight excluding hydrogens is 240 g/mol. The van der Waals surface area contributed by atoms with Gasteiger partial charge in [0, 0.05) is 13.1 Å². The zero-order valence-electron chi connectivity index (χ0n) is 9.87. The number of hydrogen-bond donors (Lipinski definition) is 2. The third-order valence-electron chi connectivity index (χ3n) is 2.58. The van der Waals surface area contributed by atoms with Gasteiger partial charge in [-0.1, -0.05) is 6.92 Å². The van der Waals surface area contributed by atoms with Gasteiger partial charge in [-0.2, -0.15) is 9.97 Å². The first-order valence-electron chi connectivity index (χ1n) is 5.49. The largest absolute Gasteiger partial charge is 0.367 e. The molecule has 0 atom stereocenters. The van der Waals surface area contributed by atoms with Crippen LogP contribution in [0.4, 0.5) is 5.82 Å². The third kappa shape index (κ3) is 2.83. The van der Waals surface area contributed by atoms with Crippen LogP contribution in [0.3, 0.4) is 0 Å². The lowest BCUT2D eigenvalue weighted by atomic mass is 10.4. The smallest absolute Gasteiger partial charge is 0.226 e. The number of halogens is 1. The second-order valence-corrected chi connectivity index (χ2v) is 4.10. The molecule has 0 bridgehead atoms. The molecule has 0 amide bonds. The van der Waals surface area contributed by atoms with Gasteiger partial charge < -0.3 is 15.2 Å². The average Bonchev–Trinajstić information content (AvgIpc) is 2.76. The molecule has 2 rings (SSSR count). The predicted octanol–water partition coefficient (Wildman–Crippen LogP) is 1.37. The summed E-state index contributed by atoms with van der Waals surface area (Å²) in [6.07, 6.45) is 1.58. The second kappa shape index (κ2) is 5.29. The molecule has 0 saturated carbocycles. The van der Waals surface area contributed by atoms with Crippen molar-refractivity contribution >= 4 is 28.6 Å². The van der Waals surface area contributed by atoms with E-state index >= 15 is 0 Å². The van der Waals surface area contributed by atoms with Crippen LogP contribution in [-0.2, 0) is 0 Å². The normalized spacial score (nSPS) is 11.3. The Morgan fingerprint density at radius 1 is 1.47 bits per heavy atom. The molecule has 0 aliphatic heterocycles. The zero-order valence-corrected chi connectivity index (χ0v) is 10.6. The van der Waals surface area contributed by atoms with E-state index in [9.17, 15) is 0 Å². The Kier molecular flexibility index (Phi) is 3.75. The highest BCUT2D eigenvalue weighted by molar-refractivity contribution is 6.28. The first-order chi connectivity index (χ1) is 8.20. The van der Waals surface area contributed by atoms with Crippen molar-refractivity contribution in [3.63, 3.8) is 0 Å². The van der Waals surface area contributed by atoms with Crippen molar-refractivity contribution in [3.8, 4) is 0 Å². The summed E-state index contributed by atoms with van der Waals surface area (Å²) in [6.45, 7) is 4.87. The van der Waals surface area contributed by atoms with Crippen molar-refractivity contribution in [3.05, 3.63) is 11.6 Å². The van der Waals surface area contributed by atoms with Crippen molar-refractivity contribution < 1.29 is 0 Å². The van der Waals surface area contributed by atoms with Crippen LogP contribution < -0.4 is 5.32 Å². The molecule has 0 aliphatic rings. The van der Waals surface area contributed by atoms with Gasteiger partial charge in [0.1, 0.15) is 5.52 Å². The Labute approximate surface area is 104 Å². The van der Waals surface area contributed by atoms with Crippen molar-refractivity contribution in [1.82, 2.24) is 24.8 Å². The van der Waals surface area contributed by atoms with Crippen molar-refractivity contribution in [1.29, 1.82) is 0 Å². The van der Waals surface area contributed by atoms with Crippen molar-refractivity contribution in [2.75, 3.05) is 32.0 Å². The van der Waals surface area contributed by atoms with Crippen molar-refractivity contribution in [2.24, 2.45) is 0 Å². The van der Waals surface area contributed by atoms with E-state index in [2.05, 4.69) is 44.1 Å². The monoisotopic (exact) mass is 254 g/mol. The topological polar surface area (TPSA) is 69.7 Å². The number of rotatable bonds is 5. The van der Waals surface area contributed by atoms with E-state index in [0.29, 0.717) is 11.5 Å². The molecular formula is C10H15ClN6. The number of fused-ring (bicyclic) bond motifs is 1. The van der Waals surface area contributed by atoms with Gasteiger partial charge in [-0.15, -0.1) is 0 Å². The Morgan fingerprint density at radius 3 is 3.06 bits per heavy atom. The van der Waals surface area contributed by atoms with Crippen LogP contribution in [0.25, 0.3) is 11.2 Å². The summed E-state index contributed by atoms with van der Waals surface area (Å²) in [5, 5.41) is 3.44. The minimum Gasteiger partial charge on any atom is -0.367 e. The molecule has 2 N–H and O–H groups in total. The third-order valence-corrected chi connectivity index (χ3v) is 2.75. The molecule has 6 nitrogen and oxygen atoms in total. The lowest BCUT2D eigenvalue weighted by molar-refractivity contribution is 0.367. The molecule has 92 valence electrons. The number of nitrogens with one attached hydrogen (secondary N) is 2. The summed E-state index contributed by atoms with van der Waals surface area (Å²) in [5.74, 6) is 0.696. The van der Waals surface area contributed by atoms with E-state index in [0.717, 1.165) is 25.2 Å². The summed E-state index contributed by atoms with van der Waals surface area (Å²) < 4.78 is 0. The molecule has 2 aromatic rings. The number of likely N-dealkylation sites (N-methyl/N-ethyl adjacent to an activating group) is 1. The van der Waals surface area contributed by atoms with Crippen LogP contribution >= 0.6 is 11.6 Å². The molecule has 2 aromatic heterocycles. The van der Waals surface area contributed by atoms with Crippen LogP contribution in [0.5, 0.6) is 0 Å². The predicted molar refractivity (Wildman–Crippen MR) is 68.4 cm³/mol. The molecule has 0 aliphatic carbocycles. The van der Waals surface area contributed by atoms with Crippen molar-refractivity contribution in [2.45, 2.75) is 6.92 Å². The molecule has 0 spiro atoms. The van der Waals surface area contributed by atoms with E-state index in [1.54, 1.807) is 6.33 Å². The maximum Gasteiger partial charge on any atom is 0.226 e. The Balaban J connectivity index is 2.09. The lowest BCUT2D eigenvalue weighted by Gasteiger charge is -2.14. The second-order valence-electron chi connectivity index (χ2n) is 3.77. The van der Waals surface area contributed by atoms with Crippen LogP contribution in [0.2, 0.25) is 5.28 Å². The molecule has 0 saturated heterocycles. The SMILES string of the molecule is CCN(C)CCNc1nc(Cl)nc2nc[nH]c12. The van der Waals surface area contributed by atoms with Gasteiger partial charge >= 0.3 is 0 Å². The summed E-state index contributed by atoms with van der Waals surface area (Å²) in [4.78, 5) is 17.4. The molecule has 0 aromatic carbocycles. The van der Waals surface area contributed by atoms with Crippen LogP contribution in [0, 0.1) is 0 Å². The van der Waals surface area contributed by atoms with Gasteiger partial charge in [0.25, 0.3) is 0 Å². The number of hydrogen-bond acceptors (Lipinski definition) is 5. The minimum atomic E-state index is 0.205. The van der Waals surface area contributed by atoms with E-state index in [-0.39, 0.29) is 5.28 Å². The summed E-state index contributed by atoms with van der Waals surface area (Å²) >= 11 is 5.82. The van der Waals surface area contributed by atoms with Gasteiger partial charge in [0.2, 0.25) is 5.28 Å². The summed E-state index contributed by atoms with van der Waals surface area (Å²) in [7, 11) is 2.07. The Bertz CT molecular complexity index is 497. The van der Waals surface area contributed by atoms with Crippen LogP contribution in [0.15, 0.2) is 6.33 Å². The highest BCUT2D eigenvalue weighted by atomic mass is 35.5. The quantitative estimate of drug-likeness (QED) is 0.789. The first-order valence-corrected chi connectivity index (χ1v) is 5.87. The molecule has 7 heteroatoms. The van der Waals surface area contributed by atoms with E-state index in [1.165, 1.54) is 0 Å². The number of anilines is 1. The van der Waals surface area contributed by atoms with E-state index in [4.69, 9.17) is 11.6 Å². The fourth-order valence-corrected chi connectivity index (χ4v) is 1.62. The van der Waals surface area contributed by atoms with Gasteiger partial charge in [-0.3, -0.25) is 0 Å². The highest BCUT2D eigenvalue weighted by Crippen LogP contribution is 2.17. The number of H-pyrrole nitrogens is 1. The summed E-state index contributed by atoms with van der Waals surface area (Å²) in [6, 6.07) is 0. The molecule has 0 unspecified atom stereocenters. The lowest BCUT2D eigenvalue weighted by Crippen LogP contribution is -2.25. The van der Waals surface area contributed by atoms with Crippen LogP contribution in [-0.4, -0.2) is 51.5 Å². The zero-order chi connectivity index (χ0) is 12.3. The number of aromatic amines is 1. The minimum absolute atomic E-state index is 0.205. The fourth-order valence-electron chi connectivity index (χ4n) is 1.46. The maximum atomic E-state index is 5.82. The summed E-state index contributed by atoms with van der Waals surface area (Å²) in [5.41, 5.74) is 1.37. The number of imidazole rings is 1. The van der Waals surface area contributed by atoms with Crippen LogP contribution in [0.1, 0.15) is 6.92 Å². The Hall–Kier alpha value is -1.40. The van der Waals surface area contributed by atoms with E-state index in [1.807, 2.05) is 0 Å². The number of aromatic nitrogens is 4.